The van der Waals surface area contributed by atoms with Crippen molar-refractivity contribution in [2.24, 2.45) is 5.92 Å². The minimum absolute atomic E-state index is 0.128. The molecule has 1 fully saturated rings. The number of nitrogens with zero attached hydrogens (tertiary/aromatic N) is 1. The van der Waals surface area contributed by atoms with Crippen molar-refractivity contribution < 1.29 is 14.6 Å². The highest BCUT2D eigenvalue weighted by Crippen LogP contribution is 2.28. The van der Waals surface area contributed by atoms with Crippen molar-refractivity contribution in [3.63, 3.8) is 0 Å². The van der Waals surface area contributed by atoms with Gasteiger partial charge in [0.25, 0.3) is 0 Å². The molecule has 6 heteroatoms. The van der Waals surface area contributed by atoms with Crippen LogP contribution in [0.1, 0.15) is 29.8 Å². The van der Waals surface area contributed by atoms with Crippen LogP contribution in [0.25, 0.3) is 0 Å². The number of carbonyl (C=O) groups is 1. The fourth-order valence-corrected chi connectivity index (χ4v) is 1.80. The summed E-state index contributed by atoms with van der Waals surface area (Å²) in [6, 6.07) is 3.20. The van der Waals surface area contributed by atoms with E-state index < -0.39 is 5.97 Å². The standard InChI is InChI=1S/C13H17ClN2O3/c14-10-4-5-11(16-12(10)13(17)18)15-6-1-7-19-8-9-2-3-9/h4-5,9H,1-3,6-8H2,(H,15,16)(H,17,18). The zero-order chi connectivity index (χ0) is 13.7. The number of aromatic carboxylic acids is 1. The summed E-state index contributed by atoms with van der Waals surface area (Å²) in [6.45, 7) is 2.27. The topological polar surface area (TPSA) is 71.5 Å². The molecule has 1 heterocycles. The molecule has 1 aromatic heterocycles. The fourth-order valence-electron chi connectivity index (χ4n) is 1.62. The lowest BCUT2D eigenvalue weighted by Gasteiger charge is -2.07. The van der Waals surface area contributed by atoms with Crippen LogP contribution in [0.3, 0.4) is 0 Å². The van der Waals surface area contributed by atoms with E-state index in [1.807, 2.05) is 0 Å². The third-order valence-electron chi connectivity index (χ3n) is 2.87. The van der Waals surface area contributed by atoms with Crippen molar-refractivity contribution in [3.05, 3.63) is 22.8 Å². The fraction of sp³-hybridized carbons (Fsp3) is 0.538. The molecule has 0 aliphatic heterocycles. The highest BCUT2D eigenvalue weighted by Gasteiger charge is 2.20. The van der Waals surface area contributed by atoms with Crippen molar-refractivity contribution in [3.8, 4) is 0 Å². The van der Waals surface area contributed by atoms with Gasteiger partial charge in [0, 0.05) is 19.8 Å². The third-order valence-corrected chi connectivity index (χ3v) is 3.18. The number of rotatable bonds is 8. The van der Waals surface area contributed by atoms with Crippen LogP contribution in [0, 0.1) is 5.92 Å². The number of anilines is 1. The Hall–Kier alpha value is -1.33. The molecule has 1 aromatic rings. The quantitative estimate of drug-likeness (QED) is 0.718. The van der Waals surface area contributed by atoms with E-state index in [1.165, 1.54) is 18.9 Å². The molecule has 2 N–H and O–H groups in total. The maximum atomic E-state index is 10.9. The molecular formula is C13H17ClN2O3. The molecule has 0 unspecified atom stereocenters. The first kappa shape index (κ1) is 14.1. The van der Waals surface area contributed by atoms with E-state index in [2.05, 4.69) is 10.3 Å². The van der Waals surface area contributed by atoms with Crippen molar-refractivity contribution >= 4 is 23.4 Å². The number of hydrogen-bond acceptors (Lipinski definition) is 4. The largest absolute Gasteiger partial charge is 0.476 e. The first-order chi connectivity index (χ1) is 9.16. The van der Waals surface area contributed by atoms with Gasteiger partial charge >= 0.3 is 5.97 Å². The molecule has 0 aromatic carbocycles. The van der Waals surface area contributed by atoms with Gasteiger partial charge in [-0.3, -0.25) is 0 Å². The number of ether oxygens (including phenoxy) is 1. The van der Waals surface area contributed by atoms with Crippen LogP contribution >= 0.6 is 11.6 Å². The van der Waals surface area contributed by atoms with Gasteiger partial charge < -0.3 is 15.2 Å². The number of pyridine rings is 1. The lowest BCUT2D eigenvalue weighted by atomic mass is 10.3. The molecule has 104 valence electrons. The summed E-state index contributed by atoms with van der Waals surface area (Å²) < 4.78 is 5.50. The molecule has 2 rings (SSSR count). The molecule has 0 radical (unpaired) electrons. The van der Waals surface area contributed by atoms with Gasteiger partial charge in [-0.1, -0.05) is 11.6 Å². The predicted octanol–water partition coefficient (Wildman–Crippen LogP) is 2.66. The Morgan fingerprint density at radius 3 is 3.00 bits per heavy atom. The number of hydrogen-bond donors (Lipinski definition) is 2. The van der Waals surface area contributed by atoms with Crippen LogP contribution in [0.5, 0.6) is 0 Å². The second-order valence-electron chi connectivity index (χ2n) is 4.63. The summed E-state index contributed by atoms with van der Waals surface area (Å²) in [4.78, 5) is 14.8. The van der Waals surface area contributed by atoms with Gasteiger partial charge in [0.05, 0.1) is 5.02 Å². The number of carboxylic acids is 1. The molecule has 19 heavy (non-hydrogen) atoms. The molecule has 5 nitrogen and oxygen atoms in total. The average molecular weight is 285 g/mol. The van der Waals surface area contributed by atoms with E-state index in [4.69, 9.17) is 21.4 Å². The molecule has 0 amide bonds. The number of carboxylic acid groups (broad SMARTS) is 1. The first-order valence-corrected chi connectivity index (χ1v) is 6.76. The summed E-state index contributed by atoms with van der Waals surface area (Å²) >= 11 is 5.74. The van der Waals surface area contributed by atoms with E-state index in [1.54, 1.807) is 6.07 Å². The van der Waals surface area contributed by atoms with Gasteiger partial charge in [-0.15, -0.1) is 0 Å². The second kappa shape index (κ2) is 6.73. The van der Waals surface area contributed by atoms with E-state index in [0.29, 0.717) is 19.0 Å². The Labute approximate surface area is 116 Å². The molecule has 0 saturated heterocycles. The van der Waals surface area contributed by atoms with Crippen LogP contribution in [0.15, 0.2) is 12.1 Å². The average Bonchev–Trinajstić information content (AvgIpc) is 3.19. The molecule has 1 aliphatic rings. The van der Waals surface area contributed by atoms with Crippen LogP contribution in [0.4, 0.5) is 5.82 Å². The lowest BCUT2D eigenvalue weighted by Crippen LogP contribution is -2.10. The summed E-state index contributed by atoms with van der Waals surface area (Å²) in [5, 5.41) is 12.1. The van der Waals surface area contributed by atoms with E-state index in [0.717, 1.165) is 18.9 Å². The van der Waals surface area contributed by atoms with Crippen LogP contribution < -0.4 is 5.32 Å². The van der Waals surface area contributed by atoms with Crippen LogP contribution in [-0.4, -0.2) is 35.8 Å². The Morgan fingerprint density at radius 1 is 1.53 bits per heavy atom. The van der Waals surface area contributed by atoms with Gasteiger partial charge in [0.2, 0.25) is 0 Å². The highest BCUT2D eigenvalue weighted by molar-refractivity contribution is 6.33. The minimum atomic E-state index is -1.12. The molecule has 0 bridgehead atoms. The van der Waals surface area contributed by atoms with Gasteiger partial charge in [-0.2, -0.15) is 0 Å². The molecule has 0 atom stereocenters. The maximum Gasteiger partial charge on any atom is 0.356 e. The number of aromatic nitrogens is 1. The van der Waals surface area contributed by atoms with Gasteiger partial charge in [0.15, 0.2) is 5.69 Å². The summed E-state index contributed by atoms with van der Waals surface area (Å²) in [6.07, 6.45) is 3.45. The molecule has 0 spiro atoms. The number of nitrogens with one attached hydrogen (secondary N) is 1. The summed E-state index contributed by atoms with van der Waals surface area (Å²) in [5.74, 6) is 0.175. The van der Waals surface area contributed by atoms with Crippen LogP contribution in [0.2, 0.25) is 5.02 Å². The van der Waals surface area contributed by atoms with E-state index in [-0.39, 0.29) is 10.7 Å². The second-order valence-corrected chi connectivity index (χ2v) is 5.04. The Bertz CT molecular complexity index is 450. The smallest absolute Gasteiger partial charge is 0.356 e. The monoisotopic (exact) mass is 284 g/mol. The lowest BCUT2D eigenvalue weighted by molar-refractivity contribution is 0.0691. The SMILES string of the molecule is O=C(O)c1nc(NCCCOCC2CC2)ccc1Cl. The summed E-state index contributed by atoms with van der Waals surface area (Å²) in [7, 11) is 0. The Balaban J connectivity index is 1.69. The molecule has 1 aliphatic carbocycles. The molecule has 1 saturated carbocycles. The predicted molar refractivity (Wildman–Crippen MR) is 72.9 cm³/mol. The number of halogens is 1. The van der Waals surface area contributed by atoms with Crippen LogP contribution in [-0.2, 0) is 4.74 Å². The van der Waals surface area contributed by atoms with E-state index in [9.17, 15) is 4.79 Å². The first-order valence-electron chi connectivity index (χ1n) is 6.38. The van der Waals surface area contributed by atoms with Gasteiger partial charge in [0.1, 0.15) is 5.82 Å². The van der Waals surface area contributed by atoms with E-state index >= 15 is 0 Å². The zero-order valence-electron chi connectivity index (χ0n) is 10.6. The van der Waals surface area contributed by atoms with Crippen molar-refractivity contribution in [1.29, 1.82) is 0 Å². The zero-order valence-corrected chi connectivity index (χ0v) is 11.3. The molecular weight excluding hydrogens is 268 g/mol. The normalized spacial score (nSPS) is 14.4. The van der Waals surface area contributed by atoms with Gasteiger partial charge in [-0.05, 0) is 37.3 Å². The van der Waals surface area contributed by atoms with Crippen molar-refractivity contribution in [2.75, 3.05) is 25.1 Å². The minimum Gasteiger partial charge on any atom is -0.476 e. The third kappa shape index (κ3) is 4.69. The van der Waals surface area contributed by atoms with Crippen molar-refractivity contribution in [1.82, 2.24) is 4.98 Å². The van der Waals surface area contributed by atoms with Gasteiger partial charge in [-0.25, -0.2) is 9.78 Å². The summed E-state index contributed by atoms with van der Waals surface area (Å²) in [5.41, 5.74) is -0.128. The maximum absolute atomic E-state index is 10.9. The Kier molecular flexibility index (Phi) is 4.99. The van der Waals surface area contributed by atoms with Crippen molar-refractivity contribution in [2.45, 2.75) is 19.3 Å². The Morgan fingerprint density at radius 2 is 2.32 bits per heavy atom. The highest BCUT2D eigenvalue weighted by atomic mass is 35.5.